The van der Waals surface area contributed by atoms with E-state index in [1.807, 2.05) is 18.2 Å². The van der Waals surface area contributed by atoms with Crippen molar-refractivity contribution >= 4 is 35.3 Å². The van der Waals surface area contributed by atoms with Crippen LogP contribution < -0.4 is 5.32 Å². The van der Waals surface area contributed by atoms with E-state index in [0.717, 1.165) is 5.56 Å². The molecule has 15 heavy (non-hydrogen) atoms. The Labute approximate surface area is 97.1 Å². The molecule has 2 atom stereocenters. The molecule has 1 aliphatic heterocycles. The smallest absolute Gasteiger partial charge is 0.249 e. The van der Waals surface area contributed by atoms with Crippen LogP contribution in [-0.4, -0.2) is 23.7 Å². The molecule has 0 radical (unpaired) electrons. The van der Waals surface area contributed by atoms with Crippen molar-refractivity contribution in [3.8, 4) is 0 Å². The summed E-state index contributed by atoms with van der Waals surface area (Å²) in [5, 5.41) is 3.09. The highest BCUT2D eigenvalue weighted by Crippen LogP contribution is 2.16. The van der Waals surface area contributed by atoms with Gasteiger partial charge in [0.2, 0.25) is 5.91 Å². The SMILES string of the molecule is O=C1N[C@@H](Cl)[C@@H]1N=Cc1ccccc1Cl. The first kappa shape index (κ1) is 10.5. The predicted molar refractivity (Wildman–Crippen MR) is 60.6 cm³/mol. The van der Waals surface area contributed by atoms with E-state index in [2.05, 4.69) is 10.3 Å². The van der Waals surface area contributed by atoms with Gasteiger partial charge in [-0.05, 0) is 6.07 Å². The number of nitrogens with one attached hydrogen (secondary N) is 1. The van der Waals surface area contributed by atoms with Crippen molar-refractivity contribution in [1.82, 2.24) is 5.32 Å². The monoisotopic (exact) mass is 242 g/mol. The van der Waals surface area contributed by atoms with Crippen molar-refractivity contribution < 1.29 is 4.79 Å². The second-order valence-corrected chi connectivity index (χ2v) is 4.03. The Balaban J connectivity index is 2.12. The topological polar surface area (TPSA) is 41.5 Å². The van der Waals surface area contributed by atoms with Crippen molar-refractivity contribution in [3.63, 3.8) is 0 Å². The molecule has 0 spiro atoms. The van der Waals surface area contributed by atoms with E-state index in [0.29, 0.717) is 5.02 Å². The lowest BCUT2D eigenvalue weighted by molar-refractivity contribution is -0.128. The third-order valence-corrected chi connectivity index (χ3v) is 2.80. The summed E-state index contributed by atoms with van der Waals surface area (Å²) in [7, 11) is 0. The van der Waals surface area contributed by atoms with Gasteiger partial charge < -0.3 is 5.32 Å². The molecule has 0 aliphatic carbocycles. The van der Waals surface area contributed by atoms with Crippen molar-refractivity contribution in [2.45, 2.75) is 11.5 Å². The highest BCUT2D eigenvalue weighted by Gasteiger charge is 2.37. The average Bonchev–Trinajstić information content (AvgIpc) is 2.21. The number of nitrogens with zero attached hydrogens (tertiary/aromatic N) is 1. The molecule has 0 saturated carbocycles. The number of amides is 1. The van der Waals surface area contributed by atoms with Gasteiger partial charge in [-0.2, -0.15) is 0 Å². The van der Waals surface area contributed by atoms with Crippen molar-refractivity contribution in [2.75, 3.05) is 0 Å². The van der Waals surface area contributed by atoms with Gasteiger partial charge in [-0.1, -0.05) is 41.4 Å². The number of carbonyl (C=O) groups is 1. The van der Waals surface area contributed by atoms with E-state index in [4.69, 9.17) is 23.2 Å². The van der Waals surface area contributed by atoms with Crippen LogP contribution in [-0.2, 0) is 4.79 Å². The van der Waals surface area contributed by atoms with E-state index < -0.39 is 11.5 Å². The molecule has 78 valence electrons. The van der Waals surface area contributed by atoms with Crippen LogP contribution in [0.15, 0.2) is 29.3 Å². The molecular weight excluding hydrogens is 235 g/mol. The van der Waals surface area contributed by atoms with E-state index in [-0.39, 0.29) is 5.91 Å². The molecular formula is C10H8Cl2N2O. The van der Waals surface area contributed by atoms with Crippen molar-refractivity contribution in [2.24, 2.45) is 4.99 Å². The zero-order valence-electron chi connectivity index (χ0n) is 7.65. The molecule has 0 aromatic heterocycles. The van der Waals surface area contributed by atoms with Crippen molar-refractivity contribution in [1.29, 1.82) is 0 Å². The number of halogens is 2. The molecule has 1 saturated heterocycles. The summed E-state index contributed by atoms with van der Waals surface area (Å²) in [4.78, 5) is 15.1. The summed E-state index contributed by atoms with van der Waals surface area (Å²) in [6, 6.07) is 6.78. The van der Waals surface area contributed by atoms with Crippen LogP contribution in [0.2, 0.25) is 5.02 Å². The second kappa shape index (κ2) is 4.21. The molecule has 1 fully saturated rings. The number of β-lactam (4-membered cyclic amide) rings is 1. The number of hydrogen-bond donors (Lipinski definition) is 1. The standard InChI is InChI=1S/C10H8Cl2N2O/c11-7-4-2-1-3-6(7)5-13-8-9(12)14-10(8)15/h1-5,8-9H,(H,14,15)/t8-,9+/m0/s1. The number of alkyl halides is 1. The lowest BCUT2D eigenvalue weighted by Crippen LogP contribution is -2.58. The Morgan fingerprint density at radius 1 is 1.40 bits per heavy atom. The molecule has 1 amide bonds. The van der Waals surface area contributed by atoms with Gasteiger partial charge in [-0.3, -0.25) is 9.79 Å². The summed E-state index contributed by atoms with van der Waals surface area (Å²) in [5.41, 5.74) is 0.374. The fourth-order valence-corrected chi connectivity index (χ4v) is 1.69. The maximum Gasteiger partial charge on any atom is 0.249 e. The molecule has 3 nitrogen and oxygen atoms in total. The maximum absolute atomic E-state index is 11.0. The summed E-state index contributed by atoms with van der Waals surface area (Å²) in [6.07, 6.45) is 1.57. The molecule has 1 aromatic carbocycles. The lowest BCUT2D eigenvalue weighted by Gasteiger charge is -2.28. The minimum absolute atomic E-state index is 0.154. The second-order valence-electron chi connectivity index (χ2n) is 3.15. The third-order valence-electron chi connectivity index (χ3n) is 2.11. The quantitative estimate of drug-likeness (QED) is 0.366. The first-order valence-corrected chi connectivity index (χ1v) is 5.22. The highest BCUT2D eigenvalue weighted by molar-refractivity contribution is 6.33. The molecule has 1 heterocycles. The van der Waals surface area contributed by atoms with E-state index in [9.17, 15) is 4.79 Å². The first-order valence-electron chi connectivity index (χ1n) is 4.40. The van der Waals surface area contributed by atoms with Crippen LogP contribution >= 0.6 is 23.2 Å². The third kappa shape index (κ3) is 2.13. The average molecular weight is 243 g/mol. The van der Waals surface area contributed by atoms with Crippen LogP contribution in [0.1, 0.15) is 5.56 Å². The summed E-state index contributed by atoms with van der Waals surface area (Å²) in [6.45, 7) is 0. The molecule has 5 heteroatoms. The molecule has 2 rings (SSSR count). The Hall–Kier alpha value is -1.06. The lowest BCUT2D eigenvalue weighted by atomic mass is 10.1. The number of aliphatic imine (C=N–C) groups is 1. The Morgan fingerprint density at radius 2 is 2.13 bits per heavy atom. The van der Waals surface area contributed by atoms with Gasteiger partial charge in [-0.15, -0.1) is 0 Å². The first-order chi connectivity index (χ1) is 7.18. The van der Waals surface area contributed by atoms with E-state index >= 15 is 0 Å². The zero-order chi connectivity index (χ0) is 10.8. The summed E-state index contributed by atoms with van der Waals surface area (Å²) in [5.74, 6) is -0.154. The number of hydrogen-bond acceptors (Lipinski definition) is 2. The Bertz CT molecular complexity index is 420. The minimum atomic E-state index is -0.497. The van der Waals surface area contributed by atoms with Crippen LogP contribution in [0.25, 0.3) is 0 Å². The minimum Gasteiger partial charge on any atom is -0.336 e. The van der Waals surface area contributed by atoms with Gasteiger partial charge in [0, 0.05) is 16.8 Å². The summed E-state index contributed by atoms with van der Waals surface area (Å²) < 4.78 is 0. The number of carbonyl (C=O) groups excluding carboxylic acids is 1. The molecule has 0 unspecified atom stereocenters. The fourth-order valence-electron chi connectivity index (χ4n) is 1.22. The number of benzene rings is 1. The van der Waals surface area contributed by atoms with Crippen molar-refractivity contribution in [3.05, 3.63) is 34.9 Å². The normalized spacial score (nSPS) is 25.1. The highest BCUT2D eigenvalue weighted by atomic mass is 35.5. The van der Waals surface area contributed by atoms with Gasteiger partial charge in [0.05, 0.1) is 0 Å². The Morgan fingerprint density at radius 3 is 2.73 bits per heavy atom. The van der Waals surface area contributed by atoms with Gasteiger partial charge in [0.25, 0.3) is 0 Å². The van der Waals surface area contributed by atoms with Gasteiger partial charge in [0.1, 0.15) is 5.50 Å². The molecule has 0 bridgehead atoms. The molecule has 1 aliphatic rings. The van der Waals surface area contributed by atoms with Crippen LogP contribution in [0, 0.1) is 0 Å². The molecule has 1 aromatic rings. The molecule has 1 N–H and O–H groups in total. The van der Waals surface area contributed by atoms with E-state index in [1.54, 1.807) is 12.3 Å². The van der Waals surface area contributed by atoms with Crippen LogP contribution in [0.3, 0.4) is 0 Å². The van der Waals surface area contributed by atoms with Gasteiger partial charge >= 0.3 is 0 Å². The largest absolute Gasteiger partial charge is 0.336 e. The zero-order valence-corrected chi connectivity index (χ0v) is 9.16. The predicted octanol–water partition coefficient (Wildman–Crippen LogP) is 1.82. The number of rotatable bonds is 2. The van der Waals surface area contributed by atoms with Gasteiger partial charge in [0.15, 0.2) is 6.04 Å². The summed E-state index contributed by atoms with van der Waals surface area (Å²) >= 11 is 11.7. The van der Waals surface area contributed by atoms with Gasteiger partial charge in [-0.25, -0.2) is 0 Å². The van der Waals surface area contributed by atoms with Crippen LogP contribution in [0.5, 0.6) is 0 Å². The fraction of sp³-hybridized carbons (Fsp3) is 0.200. The Kier molecular flexibility index (Phi) is 2.93. The van der Waals surface area contributed by atoms with E-state index in [1.165, 1.54) is 0 Å². The maximum atomic E-state index is 11.0. The van der Waals surface area contributed by atoms with Crippen LogP contribution in [0.4, 0.5) is 0 Å².